The number of hydrogen-bond acceptors (Lipinski definition) is 7. The van der Waals surface area contributed by atoms with Crippen LogP contribution in [-0.2, 0) is 4.79 Å². The van der Waals surface area contributed by atoms with Gasteiger partial charge in [-0.05, 0) is 56.5 Å². The number of hydrogen-bond donors (Lipinski definition) is 0. The van der Waals surface area contributed by atoms with Gasteiger partial charge in [0.15, 0.2) is 11.5 Å². The van der Waals surface area contributed by atoms with E-state index in [1.807, 2.05) is 62.6 Å². The Morgan fingerprint density at radius 2 is 2.03 bits per heavy atom. The van der Waals surface area contributed by atoms with Gasteiger partial charge >= 0.3 is 0 Å². The lowest BCUT2D eigenvalue weighted by Gasteiger charge is -2.16. The van der Waals surface area contributed by atoms with Crippen LogP contribution in [0.5, 0.6) is 11.5 Å². The van der Waals surface area contributed by atoms with Crippen molar-refractivity contribution in [1.29, 1.82) is 0 Å². The summed E-state index contributed by atoms with van der Waals surface area (Å²) in [5.74, 6) is 2.10. The van der Waals surface area contributed by atoms with Crippen LogP contribution in [0.3, 0.4) is 0 Å². The van der Waals surface area contributed by atoms with Crippen molar-refractivity contribution in [1.82, 2.24) is 10.1 Å². The molecule has 8 heteroatoms. The molecule has 1 saturated heterocycles. The highest BCUT2D eigenvalue weighted by Gasteiger charge is 2.35. The van der Waals surface area contributed by atoms with Gasteiger partial charge in [0.25, 0.3) is 0 Å². The van der Waals surface area contributed by atoms with E-state index in [0.29, 0.717) is 36.2 Å². The van der Waals surface area contributed by atoms with Crippen LogP contribution in [0.1, 0.15) is 32.1 Å². The molecule has 3 aromatic rings. The Balaban J connectivity index is 1.53. The maximum Gasteiger partial charge on any atom is 0.232 e. The van der Waals surface area contributed by atoms with Crippen molar-refractivity contribution in [2.75, 3.05) is 24.8 Å². The van der Waals surface area contributed by atoms with E-state index in [1.54, 1.807) is 23.8 Å². The minimum atomic E-state index is -0.142. The lowest BCUT2D eigenvalue weighted by Crippen LogP contribution is -2.24. The lowest BCUT2D eigenvalue weighted by atomic mass is 10.1. The first-order valence-electron chi connectivity index (χ1n) is 10.1. The molecule has 0 bridgehead atoms. The van der Waals surface area contributed by atoms with Crippen molar-refractivity contribution in [3.63, 3.8) is 0 Å². The zero-order chi connectivity index (χ0) is 22.0. The summed E-state index contributed by atoms with van der Waals surface area (Å²) in [4.78, 5) is 20.1. The van der Waals surface area contributed by atoms with E-state index >= 15 is 0 Å². The molecule has 1 fully saturated rings. The van der Waals surface area contributed by atoms with Crippen LogP contribution in [-0.4, -0.2) is 42.1 Å². The van der Waals surface area contributed by atoms with Gasteiger partial charge in [-0.2, -0.15) is 4.98 Å². The summed E-state index contributed by atoms with van der Waals surface area (Å²) in [6, 6.07) is 13.5. The van der Waals surface area contributed by atoms with Crippen LogP contribution >= 0.6 is 11.8 Å². The summed E-state index contributed by atoms with van der Waals surface area (Å²) in [6.45, 7) is 4.44. The van der Waals surface area contributed by atoms with Gasteiger partial charge in [-0.1, -0.05) is 11.2 Å². The number of methoxy groups -OCH3 is 1. The van der Waals surface area contributed by atoms with E-state index in [0.717, 1.165) is 16.1 Å². The Morgan fingerprint density at radius 3 is 2.77 bits per heavy atom. The number of benzene rings is 2. The minimum absolute atomic E-state index is 0.0380. The molecule has 1 aromatic heterocycles. The van der Waals surface area contributed by atoms with E-state index in [2.05, 4.69) is 10.1 Å². The number of thioether (sulfide) groups is 1. The predicted octanol–water partition coefficient (Wildman–Crippen LogP) is 4.77. The largest absolute Gasteiger partial charge is 0.493 e. The molecule has 1 unspecified atom stereocenters. The van der Waals surface area contributed by atoms with Crippen LogP contribution in [0.25, 0.3) is 11.4 Å². The van der Waals surface area contributed by atoms with Crippen molar-refractivity contribution in [2.45, 2.75) is 37.2 Å². The van der Waals surface area contributed by atoms with Gasteiger partial charge in [0.1, 0.15) is 0 Å². The molecule has 2 heterocycles. The average molecular weight is 440 g/mol. The van der Waals surface area contributed by atoms with Crippen molar-refractivity contribution in [3.8, 4) is 22.9 Å². The van der Waals surface area contributed by atoms with Crippen LogP contribution in [0.15, 0.2) is 51.9 Å². The molecule has 0 radical (unpaired) electrons. The molecule has 0 spiro atoms. The van der Waals surface area contributed by atoms with E-state index < -0.39 is 0 Å². The molecule has 0 aliphatic carbocycles. The number of rotatable bonds is 7. The zero-order valence-electron chi connectivity index (χ0n) is 18.0. The summed E-state index contributed by atoms with van der Waals surface area (Å²) in [7, 11) is 1.60. The molecule has 0 saturated carbocycles. The smallest absolute Gasteiger partial charge is 0.232 e. The molecule has 162 valence electrons. The predicted molar refractivity (Wildman–Crippen MR) is 120 cm³/mol. The molecular formula is C23H25N3O4S. The molecule has 4 rings (SSSR count). The van der Waals surface area contributed by atoms with E-state index in [1.165, 1.54) is 0 Å². The molecule has 31 heavy (non-hydrogen) atoms. The highest BCUT2D eigenvalue weighted by atomic mass is 32.2. The fourth-order valence-corrected chi connectivity index (χ4v) is 4.03. The first-order valence-corrected chi connectivity index (χ1v) is 11.3. The third-order valence-electron chi connectivity index (χ3n) is 5.07. The molecule has 2 aromatic carbocycles. The van der Waals surface area contributed by atoms with Gasteiger partial charge in [0.05, 0.1) is 19.1 Å². The second-order valence-corrected chi connectivity index (χ2v) is 8.47. The van der Waals surface area contributed by atoms with Crippen molar-refractivity contribution < 1.29 is 18.8 Å². The standard InChI is InChI=1S/C23H25N3O4S/c1-14(2)29-19-9-8-15(10-20(19)28-3)22-24-23(30-25-22)16-11-21(27)26(13-16)17-6-5-7-18(12-17)31-4/h5-10,12,14,16H,11,13H2,1-4H3. The van der Waals surface area contributed by atoms with Crippen LogP contribution < -0.4 is 14.4 Å². The number of nitrogens with zero attached hydrogens (tertiary/aromatic N) is 3. The Labute approximate surface area is 185 Å². The van der Waals surface area contributed by atoms with Crippen molar-refractivity contribution in [3.05, 3.63) is 48.4 Å². The van der Waals surface area contributed by atoms with Gasteiger partial charge in [0.2, 0.25) is 17.6 Å². The topological polar surface area (TPSA) is 77.7 Å². The molecule has 1 atom stereocenters. The highest BCUT2D eigenvalue weighted by Crippen LogP contribution is 2.35. The van der Waals surface area contributed by atoms with Crippen molar-refractivity contribution >= 4 is 23.4 Å². The lowest BCUT2D eigenvalue weighted by molar-refractivity contribution is -0.117. The van der Waals surface area contributed by atoms with Gasteiger partial charge < -0.3 is 18.9 Å². The van der Waals surface area contributed by atoms with Gasteiger partial charge in [-0.15, -0.1) is 11.8 Å². The highest BCUT2D eigenvalue weighted by molar-refractivity contribution is 7.98. The van der Waals surface area contributed by atoms with Gasteiger partial charge in [-0.25, -0.2) is 0 Å². The summed E-state index contributed by atoms with van der Waals surface area (Å²) >= 11 is 1.65. The number of carbonyl (C=O) groups excluding carboxylic acids is 1. The first-order chi connectivity index (χ1) is 15.0. The van der Waals surface area contributed by atoms with Crippen LogP contribution in [0, 0.1) is 0 Å². The Kier molecular flexibility index (Phi) is 6.18. The van der Waals surface area contributed by atoms with E-state index in [-0.39, 0.29) is 17.9 Å². The van der Waals surface area contributed by atoms with Crippen molar-refractivity contribution in [2.24, 2.45) is 0 Å². The number of amides is 1. The molecule has 1 aliphatic rings. The van der Waals surface area contributed by atoms with Gasteiger partial charge in [-0.3, -0.25) is 4.79 Å². The van der Waals surface area contributed by atoms with E-state index in [4.69, 9.17) is 14.0 Å². The fourth-order valence-electron chi connectivity index (χ4n) is 3.58. The molecular weight excluding hydrogens is 414 g/mol. The number of carbonyl (C=O) groups is 1. The summed E-state index contributed by atoms with van der Waals surface area (Å²) in [5.41, 5.74) is 1.65. The second kappa shape index (κ2) is 9.01. The maximum atomic E-state index is 12.6. The molecule has 1 amide bonds. The average Bonchev–Trinajstić information content (AvgIpc) is 3.40. The summed E-state index contributed by atoms with van der Waals surface area (Å²) < 4.78 is 16.7. The quantitative estimate of drug-likeness (QED) is 0.491. The third kappa shape index (κ3) is 4.54. The first kappa shape index (κ1) is 21.2. The van der Waals surface area contributed by atoms with Gasteiger partial charge in [0, 0.05) is 29.1 Å². The second-order valence-electron chi connectivity index (χ2n) is 7.60. The number of anilines is 1. The Bertz CT molecular complexity index is 1080. The monoisotopic (exact) mass is 439 g/mol. The van der Waals surface area contributed by atoms with Crippen LogP contribution in [0.2, 0.25) is 0 Å². The normalized spacial score (nSPS) is 16.2. The molecule has 7 nitrogen and oxygen atoms in total. The zero-order valence-corrected chi connectivity index (χ0v) is 18.8. The molecule has 1 aliphatic heterocycles. The number of aromatic nitrogens is 2. The minimum Gasteiger partial charge on any atom is -0.493 e. The maximum absolute atomic E-state index is 12.6. The Morgan fingerprint density at radius 1 is 1.19 bits per heavy atom. The summed E-state index contributed by atoms with van der Waals surface area (Å²) in [6.07, 6.45) is 2.40. The number of ether oxygens (including phenoxy) is 2. The fraction of sp³-hybridized carbons (Fsp3) is 0.348. The summed E-state index contributed by atoms with van der Waals surface area (Å²) in [5, 5.41) is 4.13. The van der Waals surface area contributed by atoms with Crippen LogP contribution in [0.4, 0.5) is 5.69 Å². The SMILES string of the molecule is COc1cc(-c2noc(C3CC(=O)N(c4cccc(SC)c4)C3)n2)ccc1OC(C)C. The van der Waals surface area contributed by atoms with E-state index in [9.17, 15) is 4.79 Å². The molecule has 0 N–H and O–H groups in total. The Hall–Kier alpha value is -3.00. The third-order valence-corrected chi connectivity index (χ3v) is 5.79.